The molecule has 0 saturated heterocycles. The molecule has 0 saturated carbocycles. The number of halogens is 4. The fraction of sp³-hybridized carbons (Fsp3) is 0.154. The number of carbonyl (C=O) groups excluding carboxylic acids is 3. The quantitative estimate of drug-likeness (QED) is 0.276. The molecule has 13 heteroatoms. The van der Waals surface area contributed by atoms with Crippen molar-refractivity contribution in [3.05, 3.63) is 94.8 Å². The van der Waals surface area contributed by atoms with Crippen molar-refractivity contribution in [2.24, 2.45) is 0 Å². The van der Waals surface area contributed by atoms with Crippen LogP contribution >= 0.6 is 0 Å². The van der Waals surface area contributed by atoms with Crippen molar-refractivity contribution in [1.82, 2.24) is 14.9 Å². The van der Waals surface area contributed by atoms with E-state index in [0.29, 0.717) is 5.52 Å². The lowest BCUT2D eigenvalue weighted by Gasteiger charge is -2.39. The maximum Gasteiger partial charge on any atom is 0.491 e. The minimum atomic E-state index is -5.41. The number of methoxy groups -OCH3 is 1. The van der Waals surface area contributed by atoms with Gasteiger partial charge in [-0.3, -0.25) is 15.0 Å². The summed E-state index contributed by atoms with van der Waals surface area (Å²) < 4.78 is 65.2. The Balaban J connectivity index is 1.73. The molecule has 4 aromatic rings. The monoisotopic (exact) mass is 542 g/mol. The lowest BCUT2D eigenvalue weighted by molar-refractivity contribution is -0.222. The number of benzene rings is 3. The van der Waals surface area contributed by atoms with Gasteiger partial charge in [-0.25, -0.2) is 19.0 Å². The molecular formula is C26H18F4N4O5. The Hall–Kier alpha value is -4.94. The van der Waals surface area contributed by atoms with Crippen molar-refractivity contribution >= 4 is 35.0 Å². The summed E-state index contributed by atoms with van der Waals surface area (Å²) in [4.78, 5) is 45.4. The Kier molecular flexibility index (Phi) is 6.21. The molecule has 1 unspecified atom stereocenters. The van der Waals surface area contributed by atoms with Gasteiger partial charge in [-0.05, 0) is 24.3 Å². The van der Waals surface area contributed by atoms with Gasteiger partial charge in [0.1, 0.15) is 5.82 Å². The van der Waals surface area contributed by atoms with Crippen LogP contribution in [-0.2, 0) is 26.5 Å². The molecule has 3 aromatic carbocycles. The number of hydrogen-bond acceptors (Lipinski definition) is 6. The molecule has 1 aromatic heterocycles. The zero-order valence-corrected chi connectivity index (χ0v) is 20.0. The highest BCUT2D eigenvalue weighted by Crippen LogP contribution is 2.47. The summed E-state index contributed by atoms with van der Waals surface area (Å²) in [7, 11) is 1.15. The van der Waals surface area contributed by atoms with Crippen molar-refractivity contribution in [1.29, 1.82) is 0 Å². The number of anilines is 1. The molecule has 0 radical (unpaired) electrons. The van der Waals surface area contributed by atoms with Crippen molar-refractivity contribution in [3.8, 4) is 0 Å². The van der Waals surface area contributed by atoms with Crippen molar-refractivity contribution in [2.45, 2.75) is 18.4 Å². The number of ether oxygens (including phenoxy) is 2. The highest BCUT2D eigenvalue weighted by Gasteiger charge is 2.57. The molecule has 0 bridgehead atoms. The number of imidazole rings is 1. The van der Waals surface area contributed by atoms with Gasteiger partial charge >= 0.3 is 18.2 Å². The molecule has 2 N–H and O–H groups in total. The van der Waals surface area contributed by atoms with Crippen molar-refractivity contribution < 1.29 is 41.4 Å². The lowest BCUT2D eigenvalue weighted by Crippen LogP contribution is -2.49. The summed E-state index contributed by atoms with van der Waals surface area (Å²) >= 11 is 0. The Labute approximate surface area is 217 Å². The highest BCUT2D eigenvalue weighted by molar-refractivity contribution is 6.01. The molecule has 5 rings (SSSR count). The van der Waals surface area contributed by atoms with Gasteiger partial charge in [0.25, 0.3) is 5.91 Å². The van der Waals surface area contributed by atoms with Gasteiger partial charge < -0.3 is 14.5 Å². The number of aromatic amines is 1. The number of rotatable bonds is 5. The maximum absolute atomic E-state index is 14.7. The normalized spacial score (nSPS) is 16.7. The molecule has 2 heterocycles. The van der Waals surface area contributed by atoms with Crippen LogP contribution in [0.3, 0.4) is 0 Å². The van der Waals surface area contributed by atoms with E-state index < -0.39 is 42.2 Å². The van der Waals surface area contributed by atoms with Crippen molar-refractivity contribution in [3.63, 3.8) is 0 Å². The molecular weight excluding hydrogens is 524 g/mol. The van der Waals surface area contributed by atoms with Crippen LogP contribution in [0.15, 0.2) is 66.7 Å². The van der Waals surface area contributed by atoms with Crippen LogP contribution in [0.4, 0.5) is 28.3 Å². The Morgan fingerprint density at radius 2 is 1.79 bits per heavy atom. The SMILES string of the molecule is COC(=O)Nc1nc2ccc(C3(OC(=O)C(F)(F)F)c4ccccc4C(=O)N3Cc3ccccc3F)cc2[nH]1. The first-order valence-corrected chi connectivity index (χ1v) is 11.3. The van der Waals surface area contributed by atoms with E-state index in [9.17, 15) is 31.9 Å². The number of nitrogens with one attached hydrogen (secondary N) is 2. The molecule has 1 atom stereocenters. The standard InChI is InChI=1S/C26H18F4N4O5/c1-38-24(37)33-23-31-19-11-10-15(12-20(19)32-23)25(39-22(36)26(28,29)30)17-8-4-3-7-16(17)21(35)34(25)13-14-6-2-5-9-18(14)27/h2-12H,13H2,1H3,(H2,31,32,33,37). The summed E-state index contributed by atoms with van der Waals surface area (Å²) in [5, 5.41) is 2.33. The Morgan fingerprint density at radius 3 is 2.51 bits per heavy atom. The number of alkyl halides is 3. The number of carbonyl (C=O) groups is 3. The fourth-order valence-corrected chi connectivity index (χ4v) is 4.48. The number of esters is 1. The molecule has 200 valence electrons. The van der Waals surface area contributed by atoms with E-state index in [1.54, 1.807) is 0 Å². The van der Waals surface area contributed by atoms with Crippen LogP contribution < -0.4 is 5.32 Å². The first-order valence-electron chi connectivity index (χ1n) is 11.3. The molecule has 39 heavy (non-hydrogen) atoms. The first-order chi connectivity index (χ1) is 18.5. The zero-order valence-electron chi connectivity index (χ0n) is 20.0. The summed E-state index contributed by atoms with van der Waals surface area (Å²) in [6.45, 7) is -0.526. The van der Waals surface area contributed by atoms with E-state index in [2.05, 4.69) is 20.0 Å². The number of hydrogen-bond donors (Lipinski definition) is 2. The number of H-pyrrole nitrogens is 1. The van der Waals surface area contributed by atoms with Gasteiger partial charge in [-0.1, -0.05) is 42.5 Å². The fourth-order valence-electron chi connectivity index (χ4n) is 4.48. The second-order valence-corrected chi connectivity index (χ2v) is 8.49. The van der Waals surface area contributed by atoms with E-state index in [1.807, 2.05) is 0 Å². The Morgan fingerprint density at radius 1 is 1.08 bits per heavy atom. The first kappa shape index (κ1) is 25.7. The van der Waals surface area contributed by atoms with Gasteiger partial charge in [0.05, 0.1) is 24.7 Å². The topological polar surface area (TPSA) is 114 Å². The van der Waals surface area contributed by atoms with Crippen LogP contribution in [0.5, 0.6) is 0 Å². The summed E-state index contributed by atoms with van der Waals surface area (Å²) in [6, 6.07) is 15.2. The molecule has 0 aliphatic carbocycles. The third-order valence-corrected chi connectivity index (χ3v) is 6.18. The largest absolute Gasteiger partial charge is 0.491 e. The van der Waals surface area contributed by atoms with Gasteiger partial charge in [0.15, 0.2) is 0 Å². The van der Waals surface area contributed by atoms with Crippen LogP contribution in [0.25, 0.3) is 11.0 Å². The molecule has 0 fully saturated rings. The zero-order chi connectivity index (χ0) is 27.9. The number of aromatic nitrogens is 2. The number of amides is 2. The van der Waals surface area contributed by atoms with Crippen LogP contribution in [0, 0.1) is 5.82 Å². The minimum absolute atomic E-state index is 0.0155. The van der Waals surface area contributed by atoms with E-state index in [1.165, 1.54) is 60.7 Å². The van der Waals surface area contributed by atoms with Gasteiger partial charge in [-0.15, -0.1) is 0 Å². The summed E-state index contributed by atoms with van der Waals surface area (Å²) in [6.07, 6.45) is -6.23. The molecule has 1 aliphatic heterocycles. The predicted octanol–water partition coefficient (Wildman–Crippen LogP) is 4.84. The van der Waals surface area contributed by atoms with Gasteiger partial charge in [0, 0.05) is 22.3 Å². The van der Waals surface area contributed by atoms with Crippen molar-refractivity contribution in [2.75, 3.05) is 12.4 Å². The second-order valence-electron chi connectivity index (χ2n) is 8.49. The molecule has 2 amide bonds. The van der Waals surface area contributed by atoms with E-state index >= 15 is 0 Å². The van der Waals surface area contributed by atoms with E-state index in [0.717, 1.165) is 18.1 Å². The van der Waals surface area contributed by atoms with Crippen LogP contribution in [-0.4, -0.2) is 46.1 Å². The predicted molar refractivity (Wildman–Crippen MR) is 128 cm³/mol. The van der Waals surface area contributed by atoms with Gasteiger partial charge in [-0.2, -0.15) is 13.2 Å². The third kappa shape index (κ3) is 4.41. The van der Waals surface area contributed by atoms with E-state index in [4.69, 9.17) is 4.74 Å². The van der Waals surface area contributed by atoms with Crippen LogP contribution in [0.2, 0.25) is 0 Å². The minimum Gasteiger partial charge on any atom is -0.453 e. The third-order valence-electron chi connectivity index (χ3n) is 6.18. The molecule has 0 spiro atoms. The maximum atomic E-state index is 14.7. The molecule has 1 aliphatic rings. The average molecular weight is 542 g/mol. The second kappa shape index (κ2) is 9.42. The summed E-state index contributed by atoms with van der Waals surface area (Å²) in [5.41, 5.74) is -2.06. The number of nitrogens with zero attached hydrogens (tertiary/aromatic N) is 2. The Bertz CT molecular complexity index is 1620. The van der Waals surface area contributed by atoms with E-state index in [-0.39, 0.29) is 33.7 Å². The number of fused-ring (bicyclic) bond motifs is 2. The molecule has 9 nitrogen and oxygen atoms in total. The smallest absolute Gasteiger partial charge is 0.453 e. The van der Waals surface area contributed by atoms with Gasteiger partial charge in [0.2, 0.25) is 11.7 Å². The highest BCUT2D eigenvalue weighted by atomic mass is 19.4. The van der Waals surface area contributed by atoms with Crippen LogP contribution in [0.1, 0.15) is 27.0 Å². The summed E-state index contributed by atoms with van der Waals surface area (Å²) in [5.74, 6) is -4.06. The lowest BCUT2D eigenvalue weighted by atomic mass is 9.92. The average Bonchev–Trinajstić information content (AvgIpc) is 3.41.